The second-order valence-corrected chi connectivity index (χ2v) is 4.15. The highest BCUT2D eigenvalue weighted by molar-refractivity contribution is 6.67. The van der Waals surface area contributed by atoms with Gasteiger partial charge in [0.05, 0.1) is 0 Å². The van der Waals surface area contributed by atoms with Gasteiger partial charge in [-0.2, -0.15) is 0 Å². The van der Waals surface area contributed by atoms with E-state index in [1.165, 1.54) is 0 Å². The van der Waals surface area contributed by atoms with E-state index < -0.39 is 3.79 Å². The highest BCUT2D eigenvalue weighted by Gasteiger charge is 2.21. The maximum absolute atomic E-state index is 10.5. The summed E-state index contributed by atoms with van der Waals surface area (Å²) < 4.78 is 3.03. The summed E-state index contributed by atoms with van der Waals surface area (Å²) in [5.74, 6) is -0.369. The number of hydrogen-bond donors (Lipinski definition) is 0. The average Bonchev–Trinajstić information content (AvgIpc) is 1.81. The van der Waals surface area contributed by atoms with Crippen LogP contribution in [0, 0.1) is 0 Å². The Bertz CT molecular complexity index is 119. The van der Waals surface area contributed by atoms with E-state index in [0.29, 0.717) is 6.42 Å². The van der Waals surface area contributed by atoms with Crippen molar-refractivity contribution in [2.75, 3.05) is 6.61 Å². The van der Waals surface area contributed by atoms with Crippen molar-refractivity contribution < 1.29 is 9.53 Å². The zero-order valence-corrected chi connectivity index (χ0v) is 7.63. The van der Waals surface area contributed by atoms with Crippen molar-refractivity contribution >= 4 is 40.8 Å². The molecule has 0 fully saturated rings. The van der Waals surface area contributed by atoms with Crippen LogP contribution in [0.5, 0.6) is 0 Å². The Kier molecular flexibility index (Phi) is 4.41. The molecule has 0 amide bonds. The second kappa shape index (κ2) is 4.27. The van der Waals surface area contributed by atoms with Crippen molar-refractivity contribution in [3.05, 3.63) is 0 Å². The highest BCUT2D eigenvalue weighted by atomic mass is 35.6. The fraction of sp³-hybridized carbons (Fsp3) is 0.800. The Morgan fingerprint density at radius 1 is 1.50 bits per heavy atom. The van der Waals surface area contributed by atoms with Gasteiger partial charge >= 0.3 is 5.97 Å². The van der Waals surface area contributed by atoms with Crippen LogP contribution in [-0.4, -0.2) is 16.4 Å². The Morgan fingerprint density at radius 2 is 2.00 bits per heavy atom. The predicted octanol–water partition coefficient (Wildman–Crippen LogP) is 2.31. The van der Waals surface area contributed by atoms with Crippen molar-refractivity contribution in [3.63, 3.8) is 0 Å². The van der Waals surface area contributed by atoms with Crippen molar-refractivity contribution in [1.82, 2.24) is 0 Å². The lowest BCUT2D eigenvalue weighted by Gasteiger charge is -2.09. The summed E-state index contributed by atoms with van der Waals surface area (Å²) >= 11 is 15.9. The topological polar surface area (TPSA) is 26.3 Å². The normalized spacial score (nSPS) is 11.2. The highest BCUT2D eigenvalue weighted by Crippen LogP contribution is 2.25. The molecule has 0 aromatic rings. The summed E-state index contributed by atoms with van der Waals surface area (Å²) in [7, 11) is 0. The molecule has 0 aliphatic carbocycles. The molecule has 5 heteroatoms. The Labute approximate surface area is 74.4 Å². The zero-order chi connectivity index (χ0) is 8.20. The van der Waals surface area contributed by atoms with E-state index in [0.717, 1.165) is 0 Å². The van der Waals surface area contributed by atoms with Crippen LogP contribution in [0.4, 0.5) is 0 Å². The van der Waals surface area contributed by atoms with Crippen molar-refractivity contribution in [2.45, 2.75) is 17.1 Å². The van der Waals surface area contributed by atoms with Crippen LogP contribution in [0.1, 0.15) is 13.3 Å². The molecule has 0 bridgehead atoms. The third-order valence-corrected chi connectivity index (χ3v) is 1.01. The van der Waals surface area contributed by atoms with Gasteiger partial charge in [0, 0.05) is 6.42 Å². The lowest BCUT2D eigenvalue weighted by atomic mass is 10.5. The SMILES string of the molecule is CCC(=O)OCC(Cl)(Cl)Cl. The van der Waals surface area contributed by atoms with Gasteiger partial charge in [0.15, 0.2) is 0 Å². The summed E-state index contributed by atoms with van der Waals surface area (Å²) in [6.45, 7) is 1.48. The van der Waals surface area contributed by atoms with Crippen LogP contribution >= 0.6 is 34.8 Å². The summed E-state index contributed by atoms with van der Waals surface area (Å²) in [6.07, 6.45) is 0.292. The van der Waals surface area contributed by atoms with E-state index in [4.69, 9.17) is 34.8 Å². The molecule has 0 aromatic heterocycles. The monoisotopic (exact) mass is 204 g/mol. The minimum absolute atomic E-state index is 0.190. The van der Waals surface area contributed by atoms with Crippen LogP contribution < -0.4 is 0 Å². The molecule has 60 valence electrons. The number of rotatable bonds is 2. The zero-order valence-electron chi connectivity index (χ0n) is 5.36. The predicted molar refractivity (Wildman–Crippen MR) is 41.5 cm³/mol. The smallest absolute Gasteiger partial charge is 0.305 e. The second-order valence-electron chi connectivity index (χ2n) is 1.63. The molecule has 2 nitrogen and oxygen atoms in total. The first kappa shape index (κ1) is 10.3. The molecule has 0 radical (unpaired) electrons. The first-order valence-corrected chi connectivity index (χ1v) is 3.81. The Balaban J connectivity index is 3.46. The van der Waals surface area contributed by atoms with Gasteiger partial charge in [-0.3, -0.25) is 4.79 Å². The number of alkyl halides is 3. The molecule has 0 rings (SSSR count). The molecule has 0 aromatic carbocycles. The summed E-state index contributed by atoms with van der Waals surface area (Å²) in [6, 6.07) is 0. The molecule has 0 unspecified atom stereocenters. The molecule has 0 spiro atoms. The number of esters is 1. The first-order chi connectivity index (χ1) is 4.45. The van der Waals surface area contributed by atoms with Gasteiger partial charge in [0.2, 0.25) is 3.79 Å². The number of hydrogen-bond acceptors (Lipinski definition) is 2. The van der Waals surface area contributed by atoms with Crippen LogP contribution in [0.15, 0.2) is 0 Å². The third kappa shape index (κ3) is 6.46. The minimum Gasteiger partial charge on any atom is -0.461 e. The average molecular weight is 205 g/mol. The Hall–Kier alpha value is 0.340. The largest absolute Gasteiger partial charge is 0.461 e. The van der Waals surface area contributed by atoms with Gasteiger partial charge in [-0.25, -0.2) is 0 Å². The minimum atomic E-state index is -1.50. The van der Waals surface area contributed by atoms with Crippen molar-refractivity contribution in [2.24, 2.45) is 0 Å². The van der Waals surface area contributed by atoms with Gasteiger partial charge in [0.1, 0.15) is 6.61 Å². The fourth-order valence-electron chi connectivity index (χ4n) is 0.264. The van der Waals surface area contributed by atoms with E-state index in [2.05, 4.69) is 4.74 Å². The van der Waals surface area contributed by atoms with Gasteiger partial charge in [-0.05, 0) is 0 Å². The Morgan fingerprint density at radius 3 is 2.30 bits per heavy atom. The van der Waals surface area contributed by atoms with Crippen LogP contribution in [0.3, 0.4) is 0 Å². The molecule has 0 aliphatic heterocycles. The molecule has 10 heavy (non-hydrogen) atoms. The van der Waals surface area contributed by atoms with E-state index >= 15 is 0 Å². The quantitative estimate of drug-likeness (QED) is 0.511. The summed E-state index contributed by atoms with van der Waals surface area (Å²) in [5, 5.41) is 0. The summed E-state index contributed by atoms with van der Waals surface area (Å²) in [4.78, 5) is 10.5. The summed E-state index contributed by atoms with van der Waals surface area (Å²) in [5.41, 5.74) is 0. The number of ether oxygens (including phenoxy) is 1. The van der Waals surface area contributed by atoms with Crippen LogP contribution in [0.2, 0.25) is 0 Å². The van der Waals surface area contributed by atoms with E-state index in [1.54, 1.807) is 6.92 Å². The number of carbonyl (C=O) groups excluding carboxylic acids is 1. The van der Waals surface area contributed by atoms with Crippen LogP contribution in [0.25, 0.3) is 0 Å². The van der Waals surface area contributed by atoms with E-state index in [-0.39, 0.29) is 12.6 Å². The molecule has 0 saturated heterocycles. The molecule has 0 N–H and O–H groups in total. The fourth-order valence-corrected chi connectivity index (χ4v) is 0.428. The van der Waals surface area contributed by atoms with Gasteiger partial charge in [0.25, 0.3) is 0 Å². The molecular weight excluding hydrogens is 198 g/mol. The molecule has 0 aliphatic rings. The number of carbonyl (C=O) groups is 1. The standard InChI is InChI=1S/C5H7Cl3O2/c1-2-4(9)10-3-5(6,7)8/h2-3H2,1H3. The van der Waals surface area contributed by atoms with Gasteiger partial charge < -0.3 is 4.74 Å². The van der Waals surface area contributed by atoms with Crippen LogP contribution in [-0.2, 0) is 9.53 Å². The molecule has 0 heterocycles. The van der Waals surface area contributed by atoms with Crippen molar-refractivity contribution in [1.29, 1.82) is 0 Å². The van der Waals surface area contributed by atoms with Gasteiger partial charge in [-0.15, -0.1) is 0 Å². The molecular formula is C5H7Cl3O2. The molecule has 0 atom stereocenters. The van der Waals surface area contributed by atoms with Crippen molar-refractivity contribution in [3.8, 4) is 0 Å². The van der Waals surface area contributed by atoms with E-state index in [1.807, 2.05) is 0 Å². The lowest BCUT2D eigenvalue weighted by molar-refractivity contribution is -0.143. The maximum Gasteiger partial charge on any atom is 0.305 e. The lowest BCUT2D eigenvalue weighted by Crippen LogP contribution is -2.16. The van der Waals surface area contributed by atoms with Gasteiger partial charge in [-0.1, -0.05) is 41.7 Å². The number of halogens is 3. The molecule has 0 saturated carbocycles. The third-order valence-electron chi connectivity index (χ3n) is 0.685. The first-order valence-electron chi connectivity index (χ1n) is 2.68. The maximum atomic E-state index is 10.5. The van der Waals surface area contributed by atoms with E-state index in [9.17, 15) is 4.79 Å².